The van der Waals surface area contributed by atoms with Gasteiger partial charge in [-0.2, -0.15) is 0 Å². The highest BCUT2D eigenvalue weighted by molar-refractivity contribution is 6.41. The van der Waals surface area contributed by atoms with E-state index in [4.69, 9.17) is 0 Å². The van der Waals surface area contributed by atoms with Gasteiger partial charge in [-0.05, 0) is 14.0 Å². The summed E-state index contributed by atoms with van der Waals surface area (Å²) in [6.07, 6.45) is 3.94. The predicted octanol–water partition coefficient (Wildman–Crippen LogP) is 0.220. The Hall–Kier alpha value is -1.36. The Kier molecular flexibility index (Phi) is 2.63. The molecule has 0 amide bonds. The first kappa shape index (κ1) is 10.8. The first-order valence-corrected chi connectivity index (χ1v) is 6.27. The zero-order valence-corrected chi connectivity index (χ0v) is 10.5. The molecule has 92 valence electrons. The molecule has 0 N–H and O–H groups in total. The van der Waals surface area contributed by atoms with Gasteiger partial charge in [-0.1, -0.05) is 0 Å². The van der Waals surface area contributed by atoms with E-state index in [0.717, 1.165) is 44.4 Å². The lowest BCUT2D eigenvalue weighted by atomic mass is 10.2. The Morgan fingerprint density at radius 2 is 1.94 bits per heavy atom. The summed E-state index contributed by atoms with van der Waals surface area (Å²) in [6.45, 7) is 7.38. The van der Waals surface area contributed by atoms with Crippen molar-refractivity contribution in [2.45, 2.75) is 13.0 Å². The van der Waals surface area contributed by atoms with E-state index in [9.17, 15) is 0 Å². The number of hydrogen-bond donors (Lipinski definition) is 0. The van der Waals surface area contributed by atoms with E-state index in [2.05, 4.69) is 38.7 Å². The van der Waals surface area contributed by atoms with E-state index >= 15 is 0 Å². The first-order valence-electron chi connectivity index (χ1n) is 6.27. The Balaban J connectivity index is 1.79. The van der Waals surface area contributed by atoms with Crippen molar-refractivity contribution in [3.05, 3.63) is 12.4 Å². The molecule has 0 aliphatic carbocycles. The van der Waals surface area contributed by atoms with Gasteiger partial charge in [0.1, 0.15) is 0 Å². The third-order valence-corrected chi connectivity index (χ3v) is 3.65. The highest BCUT2D eigenvalue weighted by atomic mass is 15.4. The molecule has 0 aromatic carbocycles. The van der Waals surface area contributed by atoms with Gasteiger partial charge in [0.05, 0.1) is 12.6 Å². The Bertz CT molecular complexity index is 390. The molecule has 0 aromatic heterocycles. The summed E-state index contributed by atoms with van der Waals surface area (Å²) in [5, 5.41) is 0. The number of hydrogen-bond acceptors (Lipinski definition) is 5. The highest BCUT2D eigenvalue weighted by Gasteiger charge is 2.31. The van der Waals surface area contributed by atoms with Gasteiger partial charge in [-0.3, -0.25) is 4.99 Å². The van der Waals surface area contributed by atoms with Gasteiger partial charge in [0, 0.05) is 38.6 Å². The van der Waals surface area contributed by atoms with Gasteiger partial charge in [-0.15, -0.1) is 0 Å². The maximum absolute atomic E-state index is 4.62. The topological polar surface area (TPSA) is 34.4 Å². The molecule has 17 heavy (non-hydrogen) atoms. The van der Waals surface area contributed by atoms with Crippen LogP contribution in [0.2, 0.25) is 0 Å². The van der Waals surface area contributed by atoms with Crippen molar-refractivity contribution in [2.24, 2.45) is 9.98 Å². The average Bonchev–Trinajstić information content (AvgIpc) is 2.73. The van der Waals surface area contributed by atoms with E-state index in [1.807, 2.05) is 12.4 Å². The molecule has 1 atom stereocenters. The van der Waals surface area contributed by atoms with E-state index in [0.29, 0.717) is 6.04 Å². The summed E-state index contributed by atoms with van der Waals surface area (Å²) in [5.41, 5.74) is 0. The molecule has 0 aromatic rings. The van der Waals surface area contributed by atoms with E-state index in [1.165, 1.54) is 0 Å². The number of aliphatic imine (C=N–C) groups is 2. The van der Waals surface area contributed by atoms with Crippen LogP contribution in [-0.2, 0) is 0 Å². The van der Waals surface area contributed by atoms with Crippen LogP contribution in [0.3, 0.4) is 0 Å². The van der Waals surface area contributed by atoms with Crippen molar-refractivity contribution < 1.29 is 0 Å². The van der Waals surface area contributed by atoms with Crippen LogP contribution in [0, 0.1) is 0 Å². The summed E-state index contributed by atoms with van der Waals surface area (Å²) in [6, 6.07) is 0.471. The van der Waals surface area contributed by atoms with Gasteiger partial charge in [-0.25, -0.2) is 4.99 Å². The lowest BCUT2D eigenvalue weighted by Crippen LogP contribution is -2.52. The number of likely N-dealkylation sites (N-methyl/N-ethyl adjacent to an activating group) is 1. The zero-order valence-electron chi connectivity index (χ0n) is 10.5. The maximum atomic E-state index is 4.62. The second-order valence-corrected chi connectivity index (χ2v) is 4.96. The zero-order chi connectivity index (χ0) is 11.8. The van der Waals surface area contributed by atoms with Crippen molar-refractivity contribution in [1.29, 1.82) is 0 Å². The van der Waals surface area contributed by atoms with Crippen LogP contribution in [0.25, 0.3) is 0 Å². The molecule has 1 fully saturated rings. The normalized spacial score (nSPS) is 29.2. The molecule has 0 spiro atoms. The van der Waals surface area contributed by atoms with Crippen molar-refractivity contribution >= 4 is 11.7 Å². The number of fused-ring (bicyclic) bond motifs is 1. The first-order chi connectivity index (χ1) is 8.25. The lowest BCUT2D eigenvalue weighted by Gasteiger charge is -2.36. The molecule has 3 aliphatic rings. The minimum absolute atomic E-state index is 0.471. The summed E-state index contributed by atoms with van der Waals surface area (Å²) < 4.78 is 0. The van der Waals surface area contributed by atoms with Gasteiger partial charge >= 0.3 is 0 Å². The third-order valence-electron chi connectivity index (χ3n) is 3.65. The Labute approximate surface area is 102 Å². The number of rotatable bonds is 0. The van der Waals surface area contributed by atoms with E-state index in [-0.39, 0.29) is 0 Å². The molecule has 3 aliphatic heterocycles. The Morgan fingerprint density at radius 3 is 2.71 bits per heavy atom. The highest BCUT2D eigenvalue weighted by Crippen LogP contribution is 2.17. The number of amidine groups is 2. The second kappa shape index (κ2) is 4.14. The molecule has 3 heterocycles. The summed E-state index contributed by atoms with van der Waals surface area (Å²) >= 11 is 0. The van der Waals surface area contributed by atoms with Gasteiger partial charge < -0.3 is 14.7 Å². The van der Waals surface area contributed by atoms with Crippen LogP contribution >= 0.6 is 0 Å². The average molecular weight is 233 g/mol. The molecular formula is C12H19N5. The fourth-order valence-electron chi connectivity index (χ4n) is 2.48. The van der Waals surface area contributed by atoms with Crippen molar-refractivity contribution in [3.63, 3.8) is 0 Å². The maximum Gasteiger partial charge on any atom is 0.172 e. The minimum Gasteiger partial charge on any atom is -0.351 e. The summed E-state index contributed by atoms with van der Waals surface area (Å²) in [7, 11) is 2.17. The SMILES string of the molecule is C[C@H]1CN=C2C(N3CCN(C)CC3)=NC=CN21. The monoisotopic (exact) mass is 233 g/mol. The third kappa shape index (κ3) is 1.84. The second-order valence-electron chi connectivity index (χ2n) is 4.96. The predicted molar refractivity (Wildman–Crippen MR) is 69.2 cm³/mol. The molecular weight excluding hydrogens is 214 g/mol. The van der Waals surface area contributed by atoms with Crippen molar-refractivity contribution in [2.75, 3.05) is 39.8 Å². The van der Waals surface area contributed by atoms with Crippen LogP contribution in [0.5, 0.6) is 0 Å². The number of nitrogens with zero attached hydrogens (tertiary/aromatic N) is 5. The van der Waals surface area contributed by atoms with E-state index in [1.54, 1.807) is 0 Å². The molecule has 5 heteroatoms. The fourth-order valence-corrected chi connectivity index (χ4v) is 2.48. The molecule has 0 unspecified atom stereocenters. The van der Waals surface area contributed by atoms with Crippen LogP contribution in [0.1, 0.15) is 6.92 Å². The molecule has 1 saturated heterocycles. The van der Waals surface area contributed by atoms with Gasteiger partial charge in [0.2, 0.25) is 0 Å². The van der Waals surface area contributed by atoms with Crippen LogP contribution in [-0.4, -0.2) is 72.2 Å². The van der Waals surface area contributed by atoms with Crippen LogP contribution in [0.4, 0.5) is 0 Å². The standard InChI is InChI=1S/C12H19N5/c1-10-9-14-12-11(13-3-4-17(10)12)16-7-5-15(2)6-8-16/h3-4,10H,5-9H2,1-2H3/t10-/m0/s1. The van der Waals surface area contributed by atoms with Crippen molar-refractivity contribution in [3.8, 4) is 0 Å². The quantitative estimate of drug-likeness (QED) is 0.600. The van der Waals surface area contributed by atoms with Crippen molar-refractivity contribution in [1.82, 2.24) is 14.7 Å². The van der Waals surface area contributed by atoms with Crippen LogP contribution in [0.15, 0.2) is 22.4 Å². The molecule has 0 radical (unpaired) electrons. The Morgan fingerprint density at radius 1 is 1.18 bits per heavy atom. The van der Waals surface area contributed by atoms with Gasteiger partial charge in [0.15, 0.2) is 11.7 Å². The molecule has 0 bridgehead atoms. The largest absolute Gasteiger partial charge is 0.351 e. The van der Waals surface area contributed by atoms with Crippen LogP contribution < -0.4 is 0 Å². The number of piperazine rings is 1. The summed E-state index contributed by atoms with van der Waals surface area (Å²) in [5.74, 6) is 2.12. The van der Waals surface area contributed by atoms with E-state index < -0.39 is 0 Å². The van der Waals surface area contributed by atoms with Gasteiger partial charge in [0.25, 0.3) is 0 Å². The fraction of sp³-hybridized carbons (Fsp3) is 0.667. The minimum atomic E-state index is 0.471. The smallest absolute Gasteiger partial charge is 0.172 e. The summed E-state index contributed by atoms with van der Waals surface area (Å²) in [4.78, 5) is 16.1. The molecule has 3 rings (SSSR count). The molecule has 5 nitrogen and oxygen atoms in total. The lowest BCUT2D eigenvalue weighted by molar-refractivity contribution is 0.216. The molecule has 0 saturated carbocycles.